The summed E-state index contributed by atoms with van der Waals surface area (Å²) in [5, 5.41) is 0. The van der Waals surface area contributed by atoms with Crippen molar-refractivity contribution in [3.05, 3.63) is 46.5 Å². The maximum atomic E-state index is 12.8. The minimum Gasteiger partial charge on any atom is -0.493 e. The summed E-state index contributed by atoms with van der Waals surface area (Å²) in [5.74, 6) is 2.36. The van der Waals surface area contributed by atoms with Crippen molar-refractivity contribution in [2.45, 2.75) is 26.4 Å². The Morgan fingerprint density at radius 1 is 0.967 bits per heavy atom. The predicted molar refractivity (Wildman–Crippen MR) is 118 cm³/mol. The third-order valence-corrected chi connectivity index (χ3v) is 5.08. The Balaban J connectivity index is 2.05. The molecule has 2 aromatic carbocycles. The summed E-state index contributed by atoms with van der Waals surface area (Å²) in [6.45, 7) is 4.62. The van der Waals surface area contributed by atoms with Gasteiger partial charge in [-0.3, -0.25) is 4.79 Å². The number of hydrogen-bond acceptors (Lipinski definition) is 5. The zero-order valence-electron chi connectivity index (χ0n) is 18.4. The summed E-state index contributed by atoms with van der Waals surface area (Å²) >= 11 is 0. The van der Waals surface area contributed by atoms with E-state index in [0.29, 0.717) is 35.1 Å². The lowest BCUT2D eigenvalue weighted by atomic mass is 9.92. The van der Waals surface area contributed by atoms with E-state index >= 15 is 0 Å². The molecule has 0 saturated heterocycles. The summed E-state index contributed by atoms with van der Waals surface area (Å²) < 4.78 is 22.3. The van der Waals surface area contributed by atoms with E-state index in [1.54, 1.807) is 33.3 Å². The van der Waals surface area contributed by atoms with Gasteiger partial charge in [0.15, 0.2) is 23.0 Å². The summed E-state index contributed by atoms with van der Waals surface area (Å²) in [7, 11) is 6.56. The highest BCUT2D eigenvalue weighted by atomic mass is 16.5. The molecule has 3 rings (SSSR count). The van der Waals surface area contributed by atoms with Crippen molar-refractivity contribution in [1.29, 1.82) is 0 Å². The molecule has 0 unspecified atom stereocenters. The minimum absolute atomic E-state index is 0.0407. The van der Waals surface area contributed by atoms with E-state index in [4.69, 9.17) is 18.9 Å². The van der Waals surface area contributed by atoms with Gasteiger partial charge in [-0.25, -0.2) is 0 Å². The Morgan fingerprint density at radius 3 is 2.33 bits per heavy atom. The molecule has 6 heteroatoms. The van der Waals surface area contributed by atoms with Crippen molar-refractivity contribution in [1.82, 2.24) is 4.90 Å². The molecule has 0 radical (unpaired) electrons. The van der Waals surface area contributed by atoms with Crippen LogP contribution in [0.3, 0.4) is 0 Å². The fraction of sp³-hybridized carbons (Fsp3) is 0.375. The summed E-state index contributed by atoms with van der Waals surface area (Å²) in [5.41, 5.74) is 3.45. The lowest BCUT2D eigenvalue weighted by molar-refractivity contribution is 0.0776. The van der Waals surface area contributed by atoms with Gasteiger partial charge in [-0.2, -0.15) is 0 Å². The monoisotopic (exact) mass is 411 g/mol. The lowest BCUT2D eigenvalue weighted by Gasteiger charge is -2.28. The summed E-state index contributed by atoms with van der Waals surface area (Å²) in [6.07, 6.45) is 4.79. The Hall–Kier alpha value is -3.15. The number of fused-ring (bicyclic) bond motifs is 1. The molecular weight excluding hydrogens is 382 g/mol. The Morgan fingerprint density at radius 2 is 1.70 bits per heavy atom. The van der Waals surface area contributed by atoms with Crippen LogP contribution in [-0.2, 0) is 6.42 Å². The molecule has 0 atom stereocenters. The second kappa shape index (κ2) is 9.11. The molecule has 1 heterocycles. The van der Waals surface area contributed by atoms with E-state index in [0.717, 1.165) is 23.1 Å². The first-order valence-corrected chi connectivity index (χ1v) is 9.95. The van der Waals surface area contributed by atoms with Crippen molar-refractivity contribution >= 4 is 18.1 Å². The normalized spacial score (nSPS) is 13.6. The highest BCUT2D eigenvalue weighted by molar-refractivity contribution is 6.01. The maximum Gasteiger partial charge on any atom is 0.257 e. The zero-order chi connectivity index (χ0) is 21.8. The van der Waals surface area contributed by atoms with Crippen LogP contribution in [-0.4, -0.2) is 51.8 Å². The third-order valence-electron chi connectivity index (χ3n) is 5.08. The Kier molecular flexibility index (Phi) is 6.55. The van der Waals surface area contributed by atoms with Crippen molar-refractivity contribution < 1.29 is 23.7 Å². The first kappa shape index (κ1) is 21.6. The van der Waals surface area contributed by atoms with Crippen LogP contribution in [0.25, 0.3) is 12.2 Å². The lowest BCUT2D eigenvalue weighted by Crippen LogP contribution is -2.35. The minimum atomic E-state index is -0.0567. The third kappa shape index (κ3) is 4.22. The largest absolute Gasteiger partial charge is 0.493 e. The molecule has 0 aliphatic carbocycles. The molecule has 0 aromatic heterocycles. The number of benzene rings is 2. The number of amides is 1. The van der Waals surface area contributed by atoms with Crippen molar-refractivity contribution in [2.75, 3.05) is 34.9 Å². The van der Waals surface area contributed by atoms with Gasteiger partial charge in [0.2, 0.25) is 0 Å². The van der Waals surface area contributed by atoms with Gasteiger partial charge in [0.1, 0.15) is 0 Å². The SMILES string of the molecule is COc1ccc(/C=C/c2cc(OC)c(OC)c3c2CCN(C)C3=O)cc1OC(C)C. The number of nitrogens with zero attached hydrogens (tertiary/aromatic N) is 1. The molecule has 1 amide bonds. The standard InChI is InChI=1S/C24H29NO5/c1-15(2)30-20-13-16(8-10-19(20)27-4)7-9-17-14-21(28-5)23(29-6)22-18(17)11-12-25(3)24(22)26/h7-10,13-15H,11-12H2,1-6H3/b9-7+. The highest BCUT2D eigenvalue weighted by Crippen LogP contribution is 2.39. The van der Waals surface area contributed by atoms with Crippen LogP contribution >= 0.6 is 0 Å². The first-order valence-electron chi connectivity index (χ1n) is 9.95. The van der Waals surface area contributed by atoms with Crippen molar-refractivity contribution in [3.63, 3.8) is 0 Å². The van der Waals surface area contributed by atoms with E-state index in [9.17, 15) is 4.79 Å². The Labute approximate surface area is 178 Å². The average molecular weight is 411 g/mol. The molecule has 6 nitrogen and oxygen atoms in total. The predicted octanol–water partition coefficient (Wildman–Crippen LogP) is 4.30. The molecule has 160 valence electrons. The van der Waals surface area contributed by atoms with Crippen LogP contribution in [0.2, 0.25) is 0 Å². The summed E-state index contributed by atoms with van der Waals surface area (Å²) in [6, 6.07) is 7.72. The first-order chi connectivity index (χ1) is 14.4. The van der Waals surface area contributed by atoms with Gasteiger partial charge in [-0.1, -0.05) is 18.2 Å². The van der Waals surface area contributed by atoms with Crippen LogP contribution in [0.5, 0.6) is 23.0 Å². The molecule has 1 aliphatic rings. The molecule has 2 aromatic rings. The van der Waals surface area contributed by atoms with E-state index in [-0.39, 0.29) is 12.0 Å². The molecule has 0 bridgehead atoms. The van der Waals surface area contributed by atoms with Crippen LogP contribution in [0, 0.1) is 0 Å². The van der Waals surface area contributed by atoms with Crippen LogP contribution in [0.1, 0.15) is 40.9 Å². The van der Waals surface area contributed by atoms with Gasteiger partial charge >= 0.3 is 0 Å². The van der Waals surface area contributed by atoms with Gasteiger partial charge in [0.25, 0.3) is 5.91 Å². The number of likely N-dealkylation sites (N-methyl/N-ethyl adjacent to an activating group) is 1. The van der Waals surface area contributed by atoms with E-state index in [1.165, 1.54) is 0 Å². The quantitative estimate of drug-likeness (QED) is 0.636. The van der Waals surface area contributed by atoms with Gasteiger partial charge < -0.3 is 23.8 Å². The number of methoxy groups -OCH3 is 3. The molecule has 0 spiro atoms. The second-order valence-corrected chi connectivity index (χ2v) is 7.44. The number of carbonyl (C=O) groups excluding carboxylic acids is 1. The van der Waals surface area contributed by atoms with Crippen LogP contribution in [0.4, 0.5) is 0 Å². The summed E-state index contributed by atoms with van der Waals surface area (Å²) in [4.78, 5) is 14.5. The van der Waals surface area contributed by atoms with Gasteiger partial charge in [-0.05, 0) is 55.2 Å². The number of hydrogen-bond donors (Lipinski definition) is 0. The Bertz CT molecular complexity index is 965. The fourth-order valence-electron chi connectivity index (χ4n) is 3.60. The maximum absolute atomic E-state index is 12.8. The molecule has 0 saturated carbocycles. The average Bonchev–Trinajstić information content (AvgIpc) is 2.73. The molecule has 0 fully saturated rings. The smallest absolute Gasteiger partial charge is 0.257 e. The number of ether oxygens (including phenoxy) is 4. The molecule has 0 N–H and O–H groups in total. The molecular formula is C24H29NO5. The van der Waals surface area contributed by atoms with Gasteiger partial charge in [0, 0.05) is 13.6 Å². The van der Waals surface area contributed by atoms with E-state index < -0.39 is 0 Å². The van der Waals surface area contributed by atoms with Crippen molar-refractivity contribution in [2.24, 2.45) is 0 Å². The van der Waals surface area contributed by atoms with Crippen LogP contribution < -0.4 is 18.9 Å². The molecule has 1 aliphatic heterocycles. The number of carbonyl (C=O) groups is 1. The topological polar surface area (TPSA) is 57.2 Å². The van der Waals surface area contributed by atoms with Crippen molar-refractivity contribution in [3.8, 4) is 23.0 Å². The molecule has 30 heavy (non-hydrogen) atoms. The number of rotatable bonds is 7. The zero-order valence-corrected chi connectivity index (χ0v) is 18.4. The van der Waals surface area contributed by atoms with Crippen LogP contribution in [0.15, 0.2) is 24.3 Å². The van der Waals surface area contributed by atoms with Gasteiger partial charge in [-0.15, -0.1) is 0 Å². The van der Waals surface area contributed by atoms with E-state index in [1.807, 2.05) is 50.3 Å². The van der Waals surface area contributed by atoms with Gasteiger partial charge in [0.05, 0.1) is 33.0 Å². The fourth-order valence-corrected chi connectivity index (χ4v) is 3.60. The van der Waals surface area contributed by atoms with E-state index in [2.05, 4.69) is 0 Å². The highest BCUT2D eigenvalue weighted by Gasteiger charge is 2.29. The second-order valence-electron chi connectivity index (χ2n) is 7.44.